The van der Waals surface area contributed by atoms with Crippen LogP contribution in [0.4, 0.5) is 0 Å². The van der Waals surface area contributed by atoms with Gasteiger partial charge in [-0.3, -0.25) is 14.4 Å². The van der Waals surface area contributed by atoms with Gasteiger partial charge in [0.15, 0.2) is 6.29 Å². The molecule has 0 aromatic heterocycles. The molecule has 0 saturated heterocycles. The van der Waals surface area contributed by atoms with Gasteiger partial charge >= 0.3 is 17.9 Å². The third-order valence-electron chi connectivity index (χ3n) is 8.98. The SMILES string of the molecule is CC/C=C\CCCCOC(CCC(=O)OCC(CO)COC(=O)CCCCC(=O)OCCC(CCCCC)CCCCC)OCCCC/C=C\CC. The Bertz CT molecular complexity index is 854. The zero-order chi connectivity index (χ0) is 38.3. The number of esters is 3. The maximum Gasteiger partial charge on any atom is 0.305 e. The Morgan fingerprint density at radius 2 is 1.00 bits per heavy atom. The number of aliphatic hydroxyl groups excluding tert-OH is 1. The molecule has 1 N–H and O–H groups in total. The van der Waals surface area contributed by atoms with Crippen molar-refractivity contribution in [3.05, 3.63) is 24.3 Å². The predicted molar refractivity (Wildman–Crippen MR) is 210 cm³/mol. The van der Waals surface area contributed by atoms with Crippen molar-refractivity contribution >= 4 is 17.9 Å². The minimum Gasteiger partial charge on any atom is -0.466 e. The molecule has 0 aliphatic heterocycles. The third kappa shape index (κ3) is 33.6. The van der Waals surface area contributed by atoms with Gasteiger partial charge in [-0.15, -0.1) is 0 Å². The summed E-state index contributed by atoms with van der Waals surface area (Å²) in [4.78, 5) is 37.0. The van der Waals surface area contributed by atoms with Crippen molar-refractivity contribution in [3.63, 3.8) is 0 Å². The van der Waals surface area contributed by atoms with Crippen LogP contribution in [0.1, 0.15) is 175 Å². The molecule has 52 heavy (non-hydrogen) atoms. The fraction of sp³-hybridized carbons (Fsp3) is 0.837. The van der Waals surface area contributed by atoms with E-state index in [-0.39, 0.29) is 45.1 Å². The third-order valence-corrected chi connectivity index (χ3v) is 8.98. The van der Waals surface area contributed by atoms with Crippen LogP contribution in [-0.4, -0.2) is 68.9 Å². The first kappa shape index (κ1) is 49.8. The highest BCUT2D eigenvalue weighted by molar-refractivity contribution is 5.70. The van der Waals surface area contributed by atoms with Crippen LogP contribution in [0.3, 0.4) is 0 Å². The topological polar surface area (TPSA) is 118 Å². The number of hydrogen-bond acceptors (Lipinski definition) is 9. The number of allylic oxidation sites excluding steroid dienone is 4. The maximum absolute atomic E-state index is 12.5. The van der Waals surface area contributed by atoms with E-state index in [1.165, 1.54) is 51.4 Å². The Hall–Kier alpha value is -2.23. The molecule has 9 heteroatoms. The monoisotopic (exact) mass is 739 g/mol. The van der Waals surface area contributed by atoms with Crippen molar-refractivity contribution in [2.75, 3.05) is 39.6 Å². The number of aliphatic hydroxyl groups is 1. The summed E-state index contributed by atoms with van der Waals surface area (Å²) in [6.45, 7) is 9.92. The van der Waals surface area contributed by atoms with Gasteiger partial charge in [0.05, 0.1) is 38.8 Å². The molecular formula is C43H78O9. The van der Waals surface area contributed by atoms with Crippen molar-refractivity contribution in [3.8, 4) is 0 Å². The number of ether oxygens (including phenoxy) is 5. The van der Waals surface area contributed by atoms with Gasteiger partial charge in [-0.1, -0.05) is 103 Å². The van der Waals surface area contributed by atoms with E-state index in [4.69, 9.17) is 23.7 Å². The number of carbonyl (C=O) groups excluding carboxylic acids is 3. The average molecular weight is 739 g/mol. The molecule has 0 aliphatic rings. The Morgan fingerprint density at radius 1 is 0.500 bits per heavy atom. The molecule has 0 aromatic rings. The molecule has 1 atom stereocenters. The van der Waals surface area contributed by atoms with Crippen LogP contribution in [0.2, 0.25) is 0 Å². The molecule has 0 spiro atoms. The summed E-state index contributed by atoms with van der Waals surface area (Å²) in [5, 5.41) is 9.75. The van der Waals surface area contributed by atoms with Gasteiger partial charge in [0.25, 0.3) is 0 Å². The molecule has 0 fully saturated rings. The molecule has 0 aromatic carbocycles. The highest BCUT2D eigenvalue weighted by Crippen LogP contribution is 2.21. The highest BCUT2D eigenvalue weighted by Gasteiger charge is 2.17. The number of unbranched alkanes of at least 4 members (excludes halogenated alkanes) is 9. The summed E-state index contributed by atoms with van der Waals surface area (Å²) in [5.41, 5.74) is 0. The second-order valence-electron chi connectivity index (χ2n) is 13.9. The molecule has 0 heterocycles. The molecule has 0 bridgehead atoms. The Balaban J connectivity index is 4.33. The summed E-state index contributed by atoms with van der Waals surface area (Å²) in [5.74, 6) is -0.921. The first-order chi connectivity index (χ1) is 25.4. The first-order valence-corrected chi connectivity index (χ1v) is 21.0. The van der Waals surface area contributed by atoms with Gasteiger partial charge in [-0.05, 0) is 76.5 Å². The molecule has 0 amide bonds. The van der Waals surface area contributed by atoms with Crippen LogP contribution in [-0.2, 0) is 38.1 Å². The van der Waals surface area contributed by atoms with Crippen molar-refractivity contribution in [1.82, 2.24) is 0 Å². The van der Waals surface area contributed by atoms with Gasteiger partial charge in [-0.25, -0.2) is 0 Å². The van der Waals surface area contributed by atoms with Gasteiger partial charge in [-0.2, -0.15) is 0 Å². The molecule has 9 nitrogen and oxygen atoms in total. The van der Waals surface area contributed by atoms with Crippen molar-refractivity contribution < 1.29 is 43.2 Å². The second-order valence-corrected chi connectivity index (χ2v) is 13.9. The van der Waals surface area contributed by atoms with Gasteiger partial charge < -0.3 is 28.8 Å². The fourth-order valence-corrected chi connectivity index (χ4v) is 5.65. The first-order valence-electron chi connectivity index (χ1n) is 21.0. The van der Waals surface area contributed by atoms with Gasteiger partial charge in [0.1, 0.15) is 0 Å². The summed E-state index contributed by atoms with van der Waals surface area (Å²) in [7, 11) is 0. The van der Waals surface area contributed by atoms with Crippen molar-refractivity contribution in [1.29, 1.82) is 0 Å². The lowest BCUT2D eigenvalue weighted by atomic mass is 9.92. The number of rotatable bonds is 38. The van der Waals surface area contributed by atoms with E-state index in [0.717, 1.165) is 57.8 Å². The van der Waals surface area contributed by atoms with Crippen LogP contribution < -0.4 is 0 Å². The second kappa shape index (κ2) is 38.5. The Morgan fingerprint density at radius 3 is 1.48 bits per heavy atom. The van der Waals surface area contributed by atoms with Crippen LogP contribution in [0.5, 0.6) is 0 Å². The van der Waals surface area contributed by atoms with E-state index in [0.29, 0.717) is 45.0 Å². The van der Waals surface area contributed by atoms with E-state index < -0.39 is 24.1 Å². The zero-order valence-corrected chi connectivity index (χ0v) is 33.8. The van der Waals surface area contributed by atoms with Crippen molar-refractivity contribution in [2.24, 2.45) is 11.8 Å². The molecule has 0 rings (SSSR count). The lowest BCUT2D eigenvalue weighted by Crippen LogP contribution is -2.25. The molecule has 1 unspecified atom stereocenters. The maximum atomic E-state index is 12.5. The highest BCUT2D eigenvalue weighted by atomic mass is 16.7. The fourth-order valence-electron chi connectivity index (χ4n) is 5.65. The van der Waals surface area contributed by atoms with Gasteiger partial charge in [0.2, 0.25) is 0 Å². The Labute approximate surface area is 318 Å². The standard InChI is InChI=1S/C43H78O9/c1-5-9-13-15-17-23-32-49-43(50-33-24-18-16-14-10-6-2)30-29-42(47)52-37-39(35-44)36-51-41(46)28-22-21-27-40(45)48-34-31-38(25-19-11-7-3)26-20-12-8-4/h9-10,13-14,38-39,43-44H,5-8,11-12,15-37H2,1-4H3/b13-9-,14-10-. The minimum absolute atomic E-state index is 0.0436. The minimum atomic E-state index is -0.512. The number of hydrogen-bond donors (Lipinski definition) is 1. The summed E-state index contributed by atoms with van der Waals surface area (Å²) in [6.07, 6.45) is 29.1. The lowest BCUT2D eigenvalue weighted by Gasteiger charge is -2.19. The van der Waals surface area contributed by atoms with E-state index in [9.17, 15) is 19.5 Å². The normalized spacial score (nSPS) is 12.4. The van der Waals surface area contributed by atoms with Crippen LogP contribution in [0.15, 0.2) is 24.3 Å². The predicted octanol–water partition coefficient (Wildman–Crippen LogP) is 10.4. The number of carbonyl (C=O) groups is 3. The summed E-state index contributed by atoms with van der Waals surface area (Å²) in [6, 6.07) is 0. The lowest BCUT2D eigenvalue weighted by molar-refractivity contribution is -0.161. The summed E-state index contributed by atoms with van der Waals surface area (Å²) >= 11 is 0. The van der Waals surface area contributed by atoms with Crippen LogP contribution in [0.25, 0.3) is 0 Å². The van der Waals surface area contributed by atoms with Crippen molar-refractivity contribution in [2.45, 2.75) is 182 Å². The van der Waals surface area contributed by atoms with E-state index >= 15 is 0 Å². The molecular weight excluding hydrogens is 660 g/mol. The van der Waals surface area contributed by atoms with E-state index in [1.54, 1.807) is 0 Å². The van der Waals surface area contributed by atoms with Crippen LogP contribution in [0, 0.1) is 11.8 Å². The quantitative estimate of drug-likeness (QED) is 0.0217. The average Bonchev–Trinajstić information content (AvgIpc) is 3.14. The van der Waals surface area contributed by atoms with E-state index in [1.807, 2.05) is 0 Å². The zero-order valence-electron chi connectivity index (χ0n) is 33.8. The Kier molecular flexibility index (Phi) is 36.8. The smallest absolute Gasteiger partial charge is 0.305 e. The summed E-state index contributed by atoms with van der Waals surface area (Å²) < 4.78 is 28.2. The largest absolute Gasteiger partial charge is 0.466 e. The molecule has 0 radical (unpaired) electrons. The van der Waals surface area contributed by atoms with Gasteiger partial charge in [0, 0.05) is 32.5 Å². The van der Waals surface area contributed by atoms with E-state index in [2.05, 4.69) is 52.0 Å². The molecule has 0 aliphatic carbocycles. The van der Waals surface area contributed by atoms with Crippen LogP contribution >= 0.6 is 0 Å². The molecule has 0 saturated carbocycles. The molecule has 304 valence electrons.